The number of amides is 2. The zero-order valence-corrected chi connectivity index (χ0v) is 17.2. The zero-order valence-electron chi connectivity index (χ0n) is 16.4. The molecule has 3 heterocycles. The van der Waals surface area contributed by atoms with Crippen molar-refractivity contribution < 1.29 is 9.53 Å². The molecule has 0 radical (unpaired) electrons. The molecule has 3 fully saturated rings. The number of urea groups is 1. The van der Waals surface area contributed by atoms with Crippen LogP contribution in [0.1, 0.15) is 55.9 Å². The van der Waals surface area contributed by atoms with Gasteiger partial charge in [-0.05, 0) is 74.9 Å². The number of piperidine rings is 1. The van der Waals surface area contributed by atoms with Crippen LogP contribution >= 0.6 is 11.3 Å². The van der Waals surface area contributed by atoms with Crippen LogP contribution in [0.15, 0.2) is 17.5 Å². The second kappa shape index (κ2) is 8.50. The van der Waals surface area contributed by atoms with Crippen molar-refractivity contribution in [2.24, 2.45) is 11.3 Å². The molecule has 2 N–H and O–H groups in total. The molecule has 3 atom stereocenters. The maximum atomic E-state index is 12.7. The second-order valence-electron chi connectivity index (χ2n) is 8.62. The lowest BCUT2D eigenvalue weighted by atomic mass is 9.75. The Morgan fingerprint density at radius 2 is 2.15 bits per heavy atom. The van der Waals surface area contributed by atoms with Gasteiger partial charge in [-0.1, -0.05) is 12.5 Å². The van der Waals surface area contributed by atoms with Crippen molar-refractivity contribution in [3.05, 3.63) is 22.4 Å². The van der Waals surface area contributed by atoms with E-state index in [4.69, 9.17) is 4.74 Å². The third-order valence-corrected chi connectivity index (χ3v) is 8.01. The van der Waals surface area contributed by atoms with Gasteiger partial charge in [0.05, 0.1) is 0 Å². The van der Waals surface area contributed by atoms with Crippen molar-refractivity contribution in [2.75, 3.05) is 33.4 Å². The van der Waals surface area contributed by atoms with Gasteiger partial charge >= 0.3 is 6.03 Å². The fourth-order valence-electron chi connectivity index (χ4n) is 5.56. The SMILES string of the molecule is CN1CCCC(CNC(=O)NC2CCCC23CCOCC3)C1c1cccs1. The molecule has 3 unspecified atom stereocenters. The molecule has 3 aliphatic rings. The summed E-state index contributed by atoms with van der Waals surface area (Å²) >= 11 is 1.83. The van der Waals surface area contributed by atoms with Crippen molar-refractivity contribution in [2.45, 2.75) is 57.0 Å². The standard InChI is InChI=1S/C21H33N3O2S/c1-24-11-3-5-16(19(24)17-6-4-14-27-17)15-22-20(25)23-18-7-2-8-21(18)9-12-26-13-10-21/h4,6,14,16,18-19H,2-3,5,7-13,15H2,1H3,(H2,22,23,25). The van der Waals surface area contributed by atoms with Gasteiger partial charge in [-0.25, -0.2) is 4.79 Å². The third-order valence-electron chi connectivity index (χ3n) is 7.07. The molecule has 4 rings (SSSR count). The van der Waals surface area contributed by atoms with E-state index in [0.29, 0.717) is 18.0 Å². The quantitative estimate of drug-likeness (QED) is 0.821. The molecule has 1 aromatic rings. The van der Waals surface area contributed by atoms with Gasteiger partial charge in [0.1, 0.15) is 0 Å². The van der Waals surface area contributed by atoms with E-state index in [1.807, 2.05) is 11.3 Å². The van der Waals surface area contributed by atoms with Crippen LogP contribution in [0.3, 0.4) is 0 Å². The van der Waals surface area contributed by atoms with Crippen LogP contribution in [0, 0.1) is 11.3 Å². The van der Waals surface area contributed by atoms with E-state index in [0.717, 1.165) is 45.6 Å². The van der Waals surface area contributed by atoms with E-state index in [-0.39, 0.29) is 11.4 Å². The van der Waals surface area contributed by atoms with Crippen molar-refractivity contribution in [1.82, 2.24) is 15.5 Å². The Kier molecular flexibility index (Phi) is 6.05. The first-order valence-electron chi connectivity index (χ1n) is 10.5. The van der Waals surface area contributed by atoms with Crippen LogP contribution < -0.4 is 10.6 Å². The van der Waals surface area contributed by atoms with Crippen molar-refractivity contribution >= 4 is 17.4 Å². The van der Waals surface area contributed by atoms with Crippen LogP contribution in [0.25, 0.3) is 0 Å². The zero-order chi connectivity index (χ0) is 18.7. The molecule has 6 heteroatoms. The van der Waals surface area contributed by atoms with Gasteiger partial charge in [0.2, 0.25) is 0 Å². The number of ether oxygens (including phenoxy) is 1. The Labute approximate surface area is 166 Å². The fourth-order valence-corrected chi connectivity index (χ4v) is 6.54. The summed E-state index contributed by atoms with van der Waals surface area (Å²) in [6.45, 7) is 3.58. The normalized spacial score (nSPS) is 31.1. The summed E-state index contributed by atoms with van der Waals surface area (Å²) in [5.41, 5.74) is 0.278. The van der Waals surface area contributed by atoms with Gasteiger partial charge in [0.25, 0.3) is 0 Å². The smallest absolute Gasteiger partial charge is 0.315 e. The highest BCUT2D eigenvalue weighted by atomic mass is 32.1. The van der Waals surface area contributed by atoms with E-state index in [2.05, 4.69) is 40.1 Å². The number of carbonyl (C=O) groups is 1. The number of nitrogens with one attached hydrogen (secondary N) is 2. The average Bonchev–Trinajstić information content (AvgIpc) is 3.32. The molecule has 0 bridgehead atoms. The van der Waals surface area contributed by atoms with Gasteiger partial charge < -0.3 is 15.4 Å². The van der Waals surface area contributed by atoms with E-state index in [9.17, 15) is 4.79 Å². The van der Waals surface area contributed by atoms with E-state index < -0.39 is 0 Å². The molecular weight excluding hydrogens is 358 g/mol. The Morgan fingerprint density at radius 3 is 2.93 bits per heavy atom. The van der Waals surface area contributed by atoms with Crippen LogP contribution in [0.2, 0.25) is 0 Å². The molecule has 27 heavy (non-hydrogen) atoms. The average molecular weight is 392 g/mol. The number of rotatable bonds is 4. The molecule has 1 aliphatic carbocycles. The Hall–Kier alpha value is -1.11. The number of hydrogen-bond donors (Lipinski definition) is 2. The molecule has 2 amide bonds. The number of carbonyl (C=O) groups excluding carboxylic acids is 1. The summed E-state index contributed by atoms with van der Waals surface area (Å²) in [5, 5.41) is 8.69. The van der Waals surface area contributed by atoms with Gasteiger partial charge in [-0.2, -0.15) is 0 Å². The first-order valence-corrected chi connectivity index (χ1v) is 11.4. The molecule has 1 saturated carbocycles. The van der Waals surface area contributed by atoms with E-state index in [1.54, 1.807) is 0 Å². The predicted octanol–water partition coefficient (Wildman–Crippen LogP) is 3.78. The minimum Gasteiger partial charge on any atom is -0.381 e. The summed E-state index contributed by atoms with van der Waals surface area (Å²) in [6.07, 6.45) is 8.12. The number of nitrogens with zero attached hydrogens (tertiary/aromatic N) is 1. The van der Waals surface area contributed by atoms with Crippen molar-refractivity contribution in [1.29, 1.82) is 0 Å². The van der Waals surface area contributed by atoms with Crippen LogP contribution in [-0.4, -0.2) is 50.3 Å². The molecule has 1 aromatic heterocycles. The lowest BCUT2D eigenvalue weighted by Crippen LogP contribution is -2.51. The van der Waals surface area contributed by atoms with Gasteiger partial charge in [0.15, 0.2) is 0 Å². The highest BCUT2D eigenvalue weighted by Gasteiger charge is 2.44. The van der Waals surface area contributed by atoms with Gasteiger partial charge in [0, 0.05) is 36.7 Å². The van der Waals surface area contributed by atoms with E-state index in [1.165, 1.54) is 30.6 Å². The summed E-state index contributed by atoms with van der Waals surface area (Å²) in [5.74, 6) is 0.480. The Bertz CT molecular complexity index is 615. The summed E-state index contributed by atoms with van der Waals surface area (Å²) in [7, 11) is 2.21. The van der Waals surface area contributed by atoms with Gasteiger partial charge in [-0.3, -0.25) is 4.90 Å². The minimum absolute atomic E-state index is 0.0194. The highest BCUT2D eigenvalue weighted by molar-refractivity contribution is 7.10. The highest BCUT2D eigenvalue weighted by Crippen LogP contribution is 2.46. The molecule has 1 spiro atoms. The number of hydrogen-bond acceptors (Lipinski definition) is 4. The first-order chi connectivity index (χ1) is 13.2. The largest absolute Gasteiger partial charge is 0.381 e. The van der Waals surface area contributed by atoms with Crippen LogP contribution in [0.4, 0.5) is 4.79 Å². The maximum Gasteiger partial charge on any atom is 0.315 e. The molecule has 150 valence electrons. The Balaban J connectivity index is 1.33. The van der Waals surface area contributed by atoms with Crippen LogP contribution in [-0.2, 0) is 4.74 Å². The van der Waals surface area contributed by atoms with E-state index >= 15 is 0 Å². The second-order valence-corrected chi connectivity index (χ2v) is 9.60. The lowest BCUT2D eigenvalue weighted by Gasteiger charge is -2.40. The number of thiophene rings is 1. The number of likely N-dealkylation sites (tertiary alicyclic amines) is 1. The molecular formula is C21H33N3O2S. The summed E-state index contributed by atoms with van der Waals surface area (Å²) in [4.78, 5) is 16.5. The predicted molar refractivity (Wildman–Crippen MR) is 109 cm³/mol. The van der Waals surface area contributed by atoms with Crippen molar-refractivity contribution in [3.63, 3.8) is 0 Å². The van der Waals surface area contributed by atoms with Gasteiger partial charge in [-0.15, -0.1) is 11.3 Å². The molecule has 0 aromatic carbocycles. The topological polar surface area (TPSA) is 53.6 Å². The molecule has 2 aliphatic heterocycles. The summed E-state index contributed by atoms with van der Waals surface area (Å²) in [6, 6.07) is 5.12. The fraction of sp³-hybridized carbons (Fsp3) is 0.762. The third kappa shape index (κ3) is 4.17. The minimum atomic E-state index is 0.0194. The Morgan fingerprint density at radius 1 is 1.30 bits per heavy atom. The van der Waals surface area contributed by atoms with Crippen LogP contribution in [0.5, 0.6) is 0 Å². The molecule has 2 saturated heterocycles. The monoisotopic (exact) mass is 391 g/mol. The first kappa shape index (κ1) is 19.2. The maximum absolute atomic E-state index is 12.7. The van der Waals surface area contributed by atoms with Crippen molar-refractivity contribution in [3.8, 4) is 0 Å². The molecule has 5 nitrogen and oxygen atoms in total. The summed E-state index contributed by atoms with van der Waals surface area (Å²) < 4.78 is 5.56. The lowest BCUT2D eigenvalue weighted by molar-refractivity contribution is 0.00618.